The molecule has 2 heterocycles. The first-order valence-electron chi connectivity index (χ1n) is 9.92. The molecule has 0 saturated heterocycles. The molecule has 5 heteroatoms. The minimum absolute atomic E-state index is 0.335. The molecular weight excluding hydrogens is 428 g/mol. The molecule has 0 fully saturated rings. The second kappa shape index (κ2) is 8.97. The van der Waals surface area contributed by atoms with Gasteiger partial charge < -0.3 is 9.30 Å². The number of nitrogens with zero attached hydrogens (tertiary/aromatic N) is 2. The van der Waals surface area contributed by atoms with Crippen molar-refractivity contribution in [1.82, 2.24) is 9.47 Å². The number of hydrogen-bond acceptors (Lipinski definition) is 3. The average Bonchev–Trinajstić information content (AvgIpc) is 3.05. The first kappa shape index (κ1) is 19.9. The molecule has 4 nitrogen and oxygen atoms in total. The number of hydrogen-bond donors (Lipinski definition) is 0. The van der Waals surface area contributed by atoms with Gasteiger partial charge in [-0.25, -0.2) is 4.79 Å². The molecule has 0 atom stereocenters. The summed E-state index contributed by atoms with van der Waals surface area (Å²) in [6, 6.07) is 17.1. The second-order valence-electron chi connectivity index (χ2n) is 7.35. The van der Waals surface area contributed by atoms with Crippen LogP contribution in [0.25, 0.3) is 17.0 Å². The molecule has 0 saturated carbocycles. The summed E-state index contributed by atoms with van der Waals surface area (Å²) in [5.74, 6) is -0.335. The van der Waals surface area contributed by atoms with E-state index >= 15 is 0 Å². The molecule has 1 aromatic heterocycles. The molecule has 29 heavy (non-hydrogen) atoms. The van der Waals surface area contributed by atoms with Crippen molar-refractivity contribution in [1.29, 1.82) is 0 Å². The minimum atomic E-state index is -0.335. The zero-order chi connectivity index (χ0) is 20.2. The van der Waals surface area contributed by atoms with Gasteiger partial charge >= 0.3 is 5.97 Å². The van der Waals surface area contributed by atoms with Crippen LogP contribution >= 0.6 is 15.9 Å². The summed E-state index contributed by atoms with van der Waals surface area (Å²) < 4.78 is 7.17. The van der Waals surface area contributed by atoms with Crippen molar-refractivity contribution in [3.8, 4) is 0 Å². The van der Waals surface area contributed by atoms with Crippen LogP contribution in [0.4, 0.5) is 0 Å². The Bertz CT molecular complexity index is 1040. The molecule has 1 aliphatic rings. The molecular formula is C24H25BrN2O2. The Morgan fingerprint density at radius 1 is 1.21 bits per heavy atom. The van der Waals surface area contributed by atoms with Gasteiger partial charge in [-0.15, -0.1) is 0 Å². The highest BCUT2D eigenvalue weighted by atomic mass is 79.9. The van der Waals surface area contributed by atoms with Crippen molar-refractivity contribution >= 4 is 38.9 Å². The zero-order valence-electron chi connectivity index (χ0n) is 16.6. The summed E-state index contributed by atoms with van der Waals surface area (Å²) in [5.41, 5.74) is 6.49. The van der Waals surface area contributed by atoms with E-state index in [2.05, 4.69) is 73.9 Å². The molecule has 0 radical (unpaired) electrons. The van der Waals surface area contributed by atoms with Crippen molar-refractivity contribution in [2.45, 2.75) is 26.1 Å². The molecule has 150 valence electrons. The van der Waals surface area contributed by atoms with Crippen LogP contribution < -0.4 is 0 Å². The van der Waals surface area contributed by atoms with Crippen molar-refractivity contribution < 1.29 is 9.53 Å². The van der Waals surface area contributed by atoms with Gasteiger partial charge in [0.1, 0.15) is 0 Å². The van der Waals surface area contributed by atoms with Gasteiger partial charge in [0.15, 0.2) is 0 Å². The Morgan fingerprint density at radius 2 is 2.03 bits per heavy atom. The van der Waals surface area contributed by atoms with Crippen LogP contribution in [-0.2, 0) is 35.6 Å². The quantitative estimate of drug-likeness (QED) is 0.306. The van der Waals surface area contributed by atoms with Gasteiger partial charge in [0.05, 0.1) is 7.11 Å². The summed E-state index contributed by atoms with van der Waals surface area (Å²) in [4.78, 5) is 14.0. The van der Waals surface area contributed by atoms with Crippen LogP contribution in [-0.4, -0.2) is 34.4 Å². The molecule has 0 unspecified atom stereocenters. The van der Waals surface area contributed by atoms with Gasteiger partial charge in [0, 0.05) is 60.6 Å². The molecule has 1 aliphatic heterocycles. The van der Waals surface area contributed by atoms with E-state index in [9.17, 15) is 4.79 Å². The van der Waals surface area contributed by atoms with E-state index in [1.807, 2.05) is 6.08 Å². The van der Waals surface area contributed by atoms with Crippen LogP contribution in [0.2, 0.25) is 0 Å². The van der Waals surface area contributed by atoms with E-state index in [1.165, 1.54) is 40.9 Å². The monoisotopic (exact) mass is 452 g/mol. The number of halogens is 1. The Morgan fingerprint density at radius 3 is 2.79 bits per heavy atom. The fraction of sp³-hybridized carbons (Fsp3) is 0.292. The van der Waals surface area contributed by atoms with Gasteiger partial charge in [-0.05, 0) is 34.9 Å². The third-order valence-corrected chi connectivity index (χ3v) is 5.88. The third-order valence-electron chi connectivity index (χ3n) is 5.53. The molecule has 0 bridgehead atoms. The predicted molar refractivity (Wildman–Crippen MR) is 121 cm³/mol. The van der Waals surface area contributed by atoms with E-state index in [1.54, 1.807) is 0 Å². The van der Waals surface area contributed by atoms with Crippen LogP contribution in [0, 0.1) is 0 Å². The van der Waals surface area contributed by atoms with Crippen molar-refractivity contribution in [3.63, 3.8) is 0 Å². The maximum Gasteiger partial charge on any atom is 0.330 e. The van der Waals surface area contributed by atoms with E-state index < -0.39 is 0 Å². The lowest BCUT2D eigenvalue weighted by Crippen LogP contribution is -2.30. The first-order valence-corrected chi connectivity index (χ1v) is 11.0. The van der Waals surface area contributed by atoms with Crippen LogP contribution in [0.15, 0.2) is 54.6 Å². The average molecular weight is 453 g/mol. The van der Waals surface area contributed by atoms with Gasteiger partial charge in [0.25, 0.3) is 0 Å². The third kappa shape index (κ3) is 4.31. The normalized spacial score (nSPS) is 14.4. The molecule has 3 aromatic rings. The fourth-order valence-corrected chi connectivity index (χ4v) is 4.53. The summed E-state index contributed by atoms with van der Waals surface area (Å²) in [5, 5.41) is 2.21. The standard InChI is InChI=1S/C24H25BrN2O2/c1-29-24(28)10-8-18-7-9-22-20(15-18)21-17-26(16-19-5-3-2-4-6-19)13-11-23(21)27(22)14-12-25/h2-10,15H,11-14,16-17H2,1H3/b10-8+. The Labute approximate surface area is 179 Å². The molecule has 0 aliphatic carbocycles. The molecule has 4 rings (SSSR count). The van der Waals surface area contributed by atoms with E-state index in [4.69, 9.17) is 4.74 Å². The van der Waals surface area contributed by atoms with E-state index in [0.717, 1.165) is 43.5 Å². The summed E-state index contributed by atoms with van der Waals surface area (Å²) in [7, 11) is 1.40. The number of fused-ring (bicyclic) bond motifs is 3. The van der Waals surface area contributed by atoms with Gasteiger partial charge in [-0.3, -0.25) is 4.90 Å². The molecule has 0 amide bonds. The number of benzene rings is 2. The SMILES string of the molecule is COC(=O)/C=C/c1ccc2c(c1)c1c(n2CCBr)CCN(Cc2ccccc2)C1. The highest BCUT2D eigenvalue weighted by Gasteiger charge is 2.24. The molecule has 0 N–H and O–H groups in total. The van der Waals surface area contributed by atoms with E-state index in [0.29, 0.717) is 0 Å². The number of aryl methyl sites for hydroxylation is 1. The summed E-state index contributed by atoms with van der Waals surface area (Å²) in [6.45, 7) is 3.94. The van der Waals surface area contributed by atoms with Gasteiger partial charge in [0.2, 0.25) is 0 Å². The topological polar surface area (TPSA) is 34.5 Å². The molecule has 0 spiro atoms. The summed E-state index contributed by atoms with van der Waals surface area (Å²) >= 11 is 3.61. The summed E-state index contributed by atoms with van der Waals surface area (Å²) in [6.07, 6.45) is 4.35. The first-order chi connectivity index (χ1) is 14.2. The number of methoxy groups -OCH3 is 1. The lowest BCUT2D eigenvalue weighted by Gasteiger charge is -2.28. The zero-order valence-corrected chi connectivity index (χ0v) is 18.2. The number of rotatable bonds is 6. The maximum atomic E-state index is 11.5. The second-order valence-corrected chi connectivity index (χ2v) is 8.14. The molecule has 2 aromatic carbocycles. The van der Waals surface area contributed by atoms with Crippen molar-refractivity contribution in [2.24, 2.45) is 0 Å². The number of ether oxygens (including phenoxy) is 1. The van der Waals surface area contributed by atoms with Gasteiger partial charge in [-0.2, -0.15) is 0 Å². The number of aromatic nitrogens is 1. The maximum absolute atomic E-state index is 11.5. The highest BCUT2D eigenvalue weighted by Crippen LogP contribution is 2.32. The van der Waals surface area contributed by atoms with Crippen LogP contribution in [0.1, 0.15) is 22.4 Å². The van der Waals surface area contributed by atoms with Crippen LogP contribution in [0.5, 0.6) is 0 Å². The van der Waals surface area contributed by atoms with Crippen molar-refractivity contribution in [2.75, 3.05) is 19.0 Å². The smallest absolute Gasteiger partial charge is 0.330 e. The Kier molecular flexibility index (Phi) is 6.16. The minimum Gasteiger partial charge on any atom is -0.466 e. The lowest BCUT2D eigenvalue weighted by molar-refractivity contribution is -0.134. The van der Waals surface area contributed by atoms with Crippen LogP contribution in [0.3, 0.4) is 0 Å². The fourth-order valence-electron chi connectivity index (χ4n) is 4.18. The Balaban J connectivity index is 1.69. The number of esters is 1. The van der Waals surface area contributed by atoms with Gasteiger partial charge in [-0.1, -0.05) is 52.3 Å². The largest absolute Gasteiger partial charge is 0.466 e. The van der Waals surface area contributed by atoms with E-state index in [-0.39, 0.29) is 5.97 Å². The Hall–Kier alpha value is -2.37. The number of alkyl halides is 1. The predicted octanol–water partition coefficient (Wildman–Crippen LogP) is 4.78. The number of carbonyl (C=O) groups is 1. The number of carbonyl (C=O) groups excluding carboxylic acids is 1. The lowest BCUT2D eigenvalue weighted by atomic mass is 10.0. The highest BCUT2D eigenvalue weighted by molar-refractivity contribution is 9.09. The van der Waals surface area contributed by atoms with Crippen molar-refractivity contribution in [3.05, 3.63) is 77.0 Å².